The maximum Gasteiger partial charge on any atom is -0.0227 e. The lowest BCUT2D eigenvalue weighted by molar-refractivity contribution is 0.759. The first-order valence-electron chi connectivity index (χ1n) is 5.54. The van der Waals surface area contributed by atoms with Crippen molar-refractivity contribution in [3.05, 3.63) is 48.6 Å². The Morgan fingerprint density at radius 1 is 0.714 bits per heavy atom. The molecule has 1 radical (unpaired) electrons. The Morgan fingerprint density at radius 3 is 2.50 bits per heavy atom. The van der Waals surface area contributed by atoms with Crippen molar-refractivity contribution in [2.24, 2.45) is 0 Å². The third-order valence-electron chi connectivity index (χ3n) is 2.19. The van der Waals surface area contributed by atoms with Crippen LogP contribution in [0.1, 0.15) is 38.5 Å². The standard InChI is InChI=1S/C14H19/c1-2-4-6-8-10-12-14-13-11-9-7-5-3-1/h1-4,8-9,11H,5,7,10,12-14H2/b3-1-,4-2-,8-6?,11-9-. The van der Waals surface area contributed by atoms with E-state index in [4.69, 9.17) is 0 Å². The minimum Gasteiger partial charge on any atom is -0.0885 e. The van der Waals surface area contributed by atoms with Crippen molar-refractivity contribution >= 4 is 0 Å². The third-order valence-corrected chi connectivity index (χ3v) is 2.19. The Hall–Kier alpha value is -1.04. The molecule has 14 heavy (non-hydrogen) atoms. The first-order chi connectivity index (χ1) is 7.00. The summed E-state index contributed by atoms with van der Waals surface area (Å²) in [4.78, 5) is 0. The van der Waals surface area contributed by atoms with Gasteiger partial charge in [-0.2, -0.15) is 0 Å². The monoisotopic (exact) mass is 187 g/mol. The molecule has 0 bridgehead atoms. The zero-order valence-electron chi connectivity index (χ0n) is 8.78. The van der Waals surface area contributed by atoms with Crippen molar-refractivity contribution < 1.29 is 0 Å². The van der Waals surface area contributed by atoms with Gasteiger partial charge in [0.05, 0.1) is 0 Å². The minimum absolute atomic E-state index is 1.14. The van der Waals surface area contributed by atoms with Crippen LogP contribution in [0.3, 0.4) is 0 Å². The lowest BCUT2D eigenvalue weighted by Crippen LogP contribution is -1.73. The largest absolute Gasteiger partial charge is 0.0885 e. The van der Waals surface area contributed by atoms with Gasteiger partial charge < -0.3 is 0 Å². The summed E-state index contributed by atoms with van der Waals surface area (Å²) in [6.07, 6.45) is 25.5. The fourth-order valence-electron chi connectivity index (χ4n) is 1.37. The van der Waals surface area contributed by atoms with Crippen LogP contribution in [-0.2, 0) is 0 Å². The van der Waals surface area contributed by atoms with E-state index in [2.05, 4.69) is 36.5 Å². The molecule has 0 aromatic carbocycles. The Morgan fingerprint density at radius 2 is 1.50 bits per heavy atom. The first kappa shape index (κ1) is 11.0. The fourth-order valence-corrected chi connectivity index (χ4v) is 1.37. The highest BCUT2D eigenvalue weighted by molar-refractivity contribution is 5.07. The summed E-state index contributed by atoms with van der Waals surface area (Å²) in [5.41, 5.74) is 0. The molecule has 0 nitrogen and oxygen atoms in total. The van der Waals surface area contributed by atoms with Gasteiger partial charge in [0.2, 0.25) is 0 Å². The molecule has 0 saturated carbocycles. The van der Waals surface area contributed by atoms with Crippen LogP contribution in [-0.4, -0.2) is 0 Å². The van der Waals surface area contributed by atoms with Gasteiger partial charge in [-0.05, 0) is 44.6 Å². The predicted molar refractivity (Wildman–Crippen MR) is 62.9 cm³/mol. The highest BCUT2D eigenvalue weighted by atomic mass is 13.9. The molecule has 0 fully saturated rings. The molecule has 1 aliphatic carbocycles. The molecule has 0 atom stereocenters. The second-order valence-corrected chi connectivity index (χ2v) is 3.49. The number of allylic oxidation sites excluding steroid dienone is 8. The summed E-state index contributed by atoms with van der Waals surface area (Å²) in [6, 6.07) is 0. The van der Waals surface area contributed by atoms with Crippen LogP contribution >= 0.6 is 0 Å². The molecule has 0 spiro atoms. The van der Waals surface area contributed by atoms with Gasteiger partial charge in [-0.15, -0.1) is 0 Å². The van der Waals surface area contributed by atoms with Crippen LogP contribution in [0.4, 0.5) is 0 Å². The first-order valence-corrected chi connectivity index (χ1v) is 5.54. The SMILES string of the molecule is [C]1=C\CCCC/C=C\CC\C=C/C=C\1. The summed E-state index contributed by atoms with van der Waals surface area (Å²) >= 11 is 0. The van der Waals surface area contributed by atoms with Crippen LogP contribution < -0.4 is 0 Å². The molecule has 0 N–H and O–H groups in total. The summed E-state index contributed by atoms with van der Waals surface area (Å²) in [6.45, 7) is 0. The maximum absolute atomic E-state index is 3.16. The molecule has 0 amide bonds. The van der Waals surface area contributed by atoms with Gasteiger partial charge in [0.15, 0.2) is 0 Å². The van der Waals surface area contributed by atoms with E-state index in [9.17, 15) is 0 Å². The second-order valence-electron chi connectivity index (χ2n) is 3.49. The van der Waals surface area contributed by atoms with Gasteiger partial charge in [0.1, 0.15) is 0 Å². The maximum atomic E-state index is 3.16. The van der Waals surface area contributed by atoms with Gasteiger partial charge in [0, 0.05) is 0 Å². The van der Waals surface area contributed by atoms with E-state index in [1.807, 2.05) is 12.2 Å². The van der Waals surface area contributed by atoms with Crippen LogP contribution in [0.2, 0.25) is 0 Å². The van der Waals surface area contributed by atoms with Crippen molar-refractivity contribution in [3.63, 3.8) is 0 Å². The van der Waals surface area contributed by atoms with Crippen LogP contribution in [0.5, 0.6) is 0 Å². The highest BCUT2D eigenvalue weighted by Gasteiger charge is 1.84. The van der Waals surface area contributed by atoms with E-state index in [0.717, 1.165) is 12.8 Å². The summed E-state index contributed by atoms with van der Waals surface area (Å²) in [7, 11) is 0. The lowest BCUT2D eigenvalue weighted by Gasteiger charge is -1.93. The zero-order valence-corrected chi connectivity index (χ0v) is 8.78. The van der Waals surface area contributed by atoms with Gasteiger partial charge in [-0.25, -0.2) is 0 Å². The van der Waals surface area contributed by atoms with E-state index in [1.165, 1.54) is 25.7 Å². The van der Waals surface area contributed by atoms with Crippen molar-refractivity contribution in [1.29, 1.82) is 0 Å². The Labute approximate surface area is 87.7 Å². The van der Waals surface area contributed by atoms with Gasteiger partial charge in [0.25, 0.3) is 0 Å². The fraction of sp³-hybridized carbons (Fsp3) is 0.429. The summed E-state index contributed by atoms with van der Waals surface area (Å²) in [5.74, 6) is 0. The van der Waals surface area contributed by atoms with Gasteiger partial charge in [-0.3, -0.25) is 0 Å². The zero-order chi connectivity index (χ0) is 9.90. The molecule has 0 heterocycles. The van der Waals surface area contributed by atoms with Crippen molar-refractivity contribution in [2.75, 3.05) is 0 Å². The van der Waals surface area contributed by atoms with E-state index in [0.29, 0.717) is 0 Å². The molecule has 0 aromatic rings. The van der Waals surface area contributed by atoms with Crippen molar-refractivity contribution in [2.45, 2.75) is 38.5 Å². The molecule has 0 heteroatoms. The highest BCUT2D eigenvalue weighted by Crippen LogP contribution is 2.03. The Kier molecular flexibility index (Phi) is 6.74. The molecule has 0 aromatic heterocycles. The van der Waals surface area contributed by atoms with Gasteiger partial charge >= 0.3 is 0 Å². The van der Waals surface area contributed by atoms with Crippen LogP contribution in [0.15, 0.2) is 42.5 Å². The normalized spacial score (nSPS) is 28.6. The predicted octanol–water partition coefficient (Wildman–Crippen LogP) is 4.37. The van der Waals surface area contributed by atoms with E-state index < -0.39 is 0 Å². The van der Waals surface area contributed by atoms with Crippen LogP contribution in [0.25, 0.3) is 0 Å². The summed E-state index contributed by atoms with van der Waals surface area (Å²) < 4.78 is 0. The van der Waals surface area contributed by atoms with Crippen LogP contribution in [0, 0.1) is 6.08 Å². The Balaban J connectivity index is 2.35. The lowest BCUT2D eigenvalue weighted by atomic mass is 10.1. The number of rotatable bonds is 0. The average Bonchev–Trinajstić information content (AvgIpc) is 2.22. The molecule has 0 unspecified atom stereocenters. The quantitative estimate of drug-likeness (QED) is 0.494. The van der Waals surface area contributed by atoms with Crippen molar-refractivity contribution in [3.8, 4) is 0 Å². The second kappa shape index (κ2) is 8.55. The Bertz CT molecular complexity index is 228. The van der Waals surface area contributed by atoms with E-state index in [-0.39, 0.29) is 0 Å². The molecule has 1 aliphatic rings. The minimum atomic E-state index is 1.14. The molecule has 75 valence electrons. The molecule has 0 aliphatic heterocycles. The topological polar surface area (TPSA) is 0 Å². The smallest absolute Gasteiger partial charge is 0.0227 e. The third kappa shape index (κ3) is 6.47. The van der Waals surface area contributed by atoms with E-state index >= 15 is 0 Å². The average molecular weight is 187 g/mol. The van der Waals surface area contributed by atoms with Crippen molar-refractivity contribution in [1.82, 2.24) is 0 Å². The summed E-state index contributed by atoms with van der Waals surface area (Å²) in [5, 5.41) is 0. The van der Waals surface area contributed by atoms with E-state index in [1.54, 1.807) is 0 Å². The molecule has 1 rings (SSSR count). The molecule has 0 saturated heterocycles. The molecular weight excluding hydrogens is 168 g/mol. The number of hydrogen-bond donors (Lipinski definition) is 0. The number of hydrogen-bond acceptors (Lipinski definition) is 0. The molecular formula is C14H19. The van der Waals surface area contributed by atoms with Gasteiger partial charge in [-0.1, -0.05) is 42.5 Å².